The number of hydrogen-bond acceptors (Lipinski definition) is 5. The number of rotatable bonds is 3. The Morgan fingerprint density at radius 3 is 2.71 bits per heavy atom. The lowest BCUT2D eigenvalue weighted by Gasteiger charge is -2.13. The van der Waals surface area contributed by atoms with Crippen LogP contribution < -0.4 is 5.32 Å². The first-order chi connectivity index (χ1) is 8.38. The lowest BCUT2D eigenvalue weighted by Crippen LogP contribution is -2.25. The van der Waals surface area contributed by atoms with Crippen molar-refractivity contribution in [3.63, 3.8) is 0 Å². The fourth-order valence-electron chi connectivity index (χ4n) is 3.11. The molecule has 1 aromatic heterocycles. The smallest absolute Gasteiger partial charge is 0.240 e. The molecule has 3 aliphatic rings. The number of fused-ring (bicyclic) bond motifs is 1. The summed E-state index contributed by atoms with van der Waals surface area (Å²) in [5.41, 5.74) is 0. The van der Waals surface area contributed by atoms with Gasteiger partial charge in [0.05, 0.1) is 6.54 Å². The molecule has 0 amide bonds. The summed E-state index contributed by atoms with van der Waals surface area (Å²) < 4.78 is 5.33. The van der Waals surface area contributed by atoms with E-state index in [1.807, 2.05) is 0 Å². The lowest BCUT2D eigenvalue weighted by molar-refractivity contribution is 0.253. The Kier molecular flexibility index (Phi) is 2.23. The third kappa shape index (κ3) is 1.87. The van der Waals surface area contributed by atoms with Crippen molar-refractivity contribution in [2.75, 3.05) is 26.2 Å². The Bertz CT molecular complexity index is 402. The summed E-state index contributed by atoms with van der Waals surface area (Å²) in [5.74, 6) is 4.00. The van der Waals surface area contributed by atoms with Gasteiger partial charge in [-0.3, -0.25) is 4.90 Å². The highest BCUT2D eigenvalue weighted by molar-refractivity contribution is 5.03. The van der Waals surface area contributed by atoms with Gasteiger partial charge in [0.1, 0.15) is 0 Å². The van der Waals surface area contributed by atoms with E-state index in [0.717, 1.165) is 30.1 Å². The minimum Gasteiger partial charge on any atom is -0.338 e. The van der Waals surface area contributed by atoms with Gasteiger partial charge in [0.2, 0.25) is 5.89 Å². The van der Waals surface area contributed by atoms with Crippen LogP contribution in [-0.2, 0) is 6.54 Å². The number of aromatic nitrogens is 2. The Morgan fingerprint density at radius 1 is 1.24 bits per heavy atom. The van der Waals surface area contributed by atoms with Gasteiger partial charge in [0.15, 0.2) is 5.82 Å². The van der Waals surface area contributed by atoms with Crippen LogP contribution in [0.15, 0.2) is 4.52 Å². The van der Waals surface area contributed by atoms with Crippen molar-refractivity contribution in [2.45, 2.75) is 25.3 Å². The fourth-order valence-corrected chi connectivity index (χ4v) is 3.11. The molecule has 5 nitrogen and oxygen atoms in total. The second-order valence-electron chi connectivity index (χ2n) is 5.69. The van der Waals surface area contributed by atoms with Gasteiger partial charge < -0.3 is 9.84 Å². The second kappa shape index (κ2) is 3.78. The third-order valence-corrected chi connectivity index (χ3v) is 4.25. The Labute approximate surface area is 101 Å². The molecule has 5 heteroatoms. The van der Waals surface area contributed by atoms with Crippen LogP contribution in [-0.4, -0.2) is 41.2 Å². The highest BCUT2D eigenvalue weighted by Crippen LogP contribution is 2.38. The van der Waals surface area contributed by atoms with E-state index in [1.54, 1.807) is 0 Å². The molecule has 2 aliphatic heterocycles. The maximum atomic E-state index is 5.33. The second-order valence-corrected chi connectivity index (χ2v) is 5.69. The van der Waals surface area contributed by atoms with Crippen molar-refractivity contribution < 1.29 is 4.52 Å². The predicted molar refractivity (Wildman–Crippen MR) is 61.4 cm³/mol. The predicted octanol–water partition coefficient (Wildman–Crippen LogP) is 0.598. The topological polar surface area (TPSA) is 54.2 Å². The number of likely N-dealkylation sites (tertiary alicyclic amines) is 1. The monoisotopic (exact) mass is 234 g/mol. The van der Waals surface area contributed by atoms with E-state index in [1.165, 1.54) is 39.0 Å². The largest absolute Gasteiger partial charge is 0.338 e. The van der Waals surface area contributed by atoms with Crippen LogP contribution in [0.4, 0.5) is 0 Å². The average molecular weight is 234 g/mol. The van der Waals surface area contributed by atoms with Gasteiger partial charge in [-0.15, -0.1) is 0 Å². The molecular weight excluding hydrogens is 216 g/mol. The van der Waals surface area contributed by atoms with Gasteiger partial charge in [0.25, 0.3) is 0 Å². The molecule has 1 aromatic rings. The van der Waals surface area contributed by atoms with Crippen LogP contribution in [0.3, 0.4) is 0 Å². The standard InChI is InChI=1S/C12H18N4O/c1-2-8(1)12-14-11(17-15-12)7-16-5-9-3-13-4-10(9)6-16/h8-10,13H,1-7H2. The van der Waals surface area contributed by atoms with Crippen molar-refractivity contribution in [3.05, 3.63) is 11.7 Å². The molecule has 0 bridgehead atoms. The van der Waals surface area contributed by atoms with E-state index in [0.29, 0.717) is 5.92 Å². The summed E-state index contributed by atoms with van der Waals surface area (Å²) in [6.45, 7) is 5.56. The van der Waals surface area contributed by atoms with Crippen molar-refractivity contribution in [1.82, 2.24) is 20.4 Å². The van der Waals surface area contributed by atoms with E-state index < -0.39 is 0 Å². The van der Waals surface area contributed by atoms with Crippen molar-refractivity contribution in [3.8, 4) is 0 Å². The molecule has 1 N–H and O–H groups in total. The highest BCUT2D eigenvalue weighted by Gasteiger charge is 2.36. The number of hydrogen-bond donors (Lipinski definition) is 1. The quantitative estimate of drug-likeness (QED) is 0.830. The van der Waals surface area contributed by atoms with Crippen LogP contribution in [0, 0.1) is 11.8 Å². The van der Waals surface area contributed by atoms with Gasteiger partial charge in [0, 0.05) is 19.0 Å². The zero-order chi connectivity index (χ0) is 11.2. The van der Waals surface area contributed by atoms with E-state index >= 15 is 0 Å². The fraction of sp³-hybridized carbons (Fsp3) is 0.833. The summed E-state index contributed by atoms with van der Waals surface area (Å²) in [4.78, 5) is 6.95. The molecule has 3 heterocycles. The van der Waals surface area contributed by atoms with Crippen molar-refractivity contribution in [1.29, 1.82) is 0 Å². The summed E-state index contributed by atoms with van der Waals surface area (Å²) in [5, 5.41) is 7.53. The summed E-state index contributed by atoms with van der Waals surface area (Å²) >= 11 is 0. The molecule has 0 aromatic carbocycles. The van der Waals surface area contributed by atoms with Crippen LogP contribution >= 0.6 is 0 Å². The molecular formula is C12H18N4O. The van der Waals surface area contributed by atoms with Crippen LogP contribution in [0.25, 0.3) is 0 Å². The van der Waals surface area contributed by atoms with E-state index in [9.17, 15) is 0 Å². The molecule has 1 aliphatic carbocycles. The summed E-state index contributed by atoms with van der Waals surface area (Å²) in [6.07, 6.45) is 2.47. The van der Waals surface area contributed by atoms with Gasteiger partial charge in [-0.2, -0.15) is 4.98 Å². The first-order valence-electron chi connectivity index (χ1n) is 6.64. The molecule has 3 fully saturated rings. The van der Waals surface area contributed by atoms with Gasteiger partial charge >= 0.3 is 0 Å². The first-order valence-corrected chi connectivity index (χ1v) is 6.64. The Hall–Kier alpha value is -0.940. The van der Waals surface area contributed by atoms with Crippen LogP contribution in [0.1, 0.15) is 30.5 Å². The third-order valence-electron chi connectivity index (χ3n) is 4.25. The van der Waals surface area contributed by atoms with Crippen LogP contribution in [0.2, 0.25) is 0 Å². The van der Waals surface area contributed by atoms with E-state index in [2.05, 4.69) is 20.4 Å². The number of nitrogens with one attached hydrogen (secondary N) is 1. The molecule has 2 atom stereocenters. The van der Waals surface area contributed by atoms with Crippen molar-refractivity contribution >= 4 is 0 Å². The summed E-state index contributed by atoms with van der Waals surface area (Å²) in [6, 6.07) is 0. The molecule has 0 radical (unpaired) electrons. The van der Waals surface area contributed by atoms with Gasteiger partial charge in [-0.25, -0.2) is 0 Å². The SMILES string of the molecule is C1CC1c1noc(CN2CC3CNCC3C2)n1. The summed E-state index contributed by atoms with van der Waals surface area (Å²) in [7, 11) is 0. The average Bonchev–Trinajstić information content (AvgIpc) is 2.72. The molecule has 17 heavy (non-hydrogen) atoms. The molecule has 2 saturated heterocycles. The van der Waals surface area contributed by atoms with E-state index in [4.69, 9.17) is 4.52 Å². The Morgan fingerprint density at radius 2 is 2.00 bits per heavy atom. The maximum absolute atomic E-state index is 5.33. The molecule has 0 spiro atoms. The first kappa shape index (κ1) is 10.0. The van der Waals surface area contributed by atoms with Gasteiger partial charge in [-0.05, 0) is 37.8 Å². The lowest BCUT2D eigenvalue weighted by atomic mass is 10.0. The van der Waals surface area contributed by atoms with Crippen LogP contribution in [0.5, 0.6) is 0 Å². The minimum atomic E-state index is 0.592. The molecule has 92 valence electrons. The minimum absolute atomic E-state index is 0.592. The maximum Gasteiger partial charge on any atom is 0.240 e. The zero-order valence-corrected chi connectivity index (χ0v) is 9.93. The molecule has 2 unspecified atom stereocenters. The highest BCUT2D eigenvalue weighted by atomic mass is 16.5. The van der Waals surface area contributed by atoms with E-state index in [-0.39, 0.29) is 0 Å². The van der Waals surface area contributed by atoms with Gasteiger partial charge in [-0.1, -0.05) is 5.16 Å². The number of nitrogens with zero attached hydrogens (tertiary/aromatic N) is 3. The van der Waals surface area contributed by atoms with Crippen molar-refractivity contribution in [2.24, 2.45) is 11.8 Å². The molecule has 1 saturated carbocycles. The normalized spacial score (nSPS) is 33.2. The Balaban J connectivity index is 1.40. The molecule has 4 rings (SSSR count). The zero-order valence-electron chi connectivity index (χ0n) is 9.93.